The molecule has 2 aromatic carbocycles. The number of anilines is 1. The lowest BCUT2D eigenvalue weighted by Gasteiger charge is -2.21. The van der Waals surface area contributed by atoms with Crippen LogP contribution in [0.25, 0.3) is 10.2 Å². The van der Waals surface area contributed by atoms with Gasteiger partial charge in [-0.2, -0.15) is 0 Å². The van der Waals surface area contributed by atoms with E-state index in [1.807, 2.05) is 14.1 Å². The Labute approximate surface area is 165 Å². The molecule has 3 aromatic rings. The summed E-state index contributed by atoms with van der Waals surface area (Å²) in [5.41, 5.74) is 0.122. The Morgan fingerprint density at radius 3 is 2.59 bits per heavy atom. The van der Waals surface area contributed by atoms with Gasteiger partial charge in [-0.3, -0.25) is 9.69 Å². The number of thiazole rings is 1. The Hall–Kier alpha value is -2.09. The van der Waals surface area contributed by atoms with E-state index < -0.39 is 23.1 Å². The summed E-state index contributed by atoms with van der Waals surface area (Å²) in [6, 6.07) is 8.63. The first-order chi connectivity index (χ1) is 12.9. The molecule has 1 amide bonds. The standard InChI is InChI=1S/C19H18ClF2N3OS/c1-24(2)9-4-10-25(18(26)17-13(21)5-3-6-14(17)22)19-23-15-8-7-12(20)11-16(15)27-19/h3,5-8,11H,4,9-10H2,1-2H3/p+1. The average molecular weight is 411 g/mol. The predicted molar refractivity (Wildman–Crippen MR) is 105 cm³/mol. The Morgan fingerprint density at radius 1 is 1.22 bits per heavy atom. The van der Waals surface area contributed by atoms with Crippen molar-refractivity contribution in [3.63, 3.8) is 0 Å². The van der Waals surface area contributed by atoms with E-state index >= 15 is 0 Å². The Kier molecular flexibility index (Phi) is 6.04. The summed E-state index contributed by atoms with van der Waals surface area (Å²) in [6.45, 7) is 1.12. The summed E-state index contributed by atoms with van der Waals surface area (Å²) < 4.78 is 29.1. The van der Waals surface area contributed by atoms with Gasteiger partial charge in [-0.1, -0.05) is 29.0 Å². The van der Waals surface area contributed by atoms with Crippen LogP contribution in [0.5, 0.6) is 0 Å². The maximum atomic E-state index is 14.2. The van der Waals surface area contributed by atoms with Crippen LogP contribution in [0.15, 0.2) is 36.4 Å². The third kappa shape index (κ3) is 4.43. The number of halogens is 3. The fraction of sp³-hybridized carbons (Fsp3) is 0.263. The molecule has 1 N–H and O–H groups in total. The van der Waals surface area contributed by atoms with Gasteiger partial charge in [-0.05, 0) is 30.3 Å². The van der Waals surface area contributed by atoms with Crippen molar-refractivity contribution in [2.45, 2.75) is 6.42 Å². The summed E-state index contributed by atoms with van der Waals surface area (Å²) in [4.78, 5) is 20.0. The molecule has 0 unspecified atom stereocenters. The number of amides is 1. The normalized spacial score (nSPS) is 11.3. The number of carbonyl (C=O) groups excluding carboxylic acids is 1. The van der Waals surface area contributed by atoms with Crippen molar-refractivity contribution in [3.05, 3.63) is 58.6 Å². The third-order valence-electron chi connectivity index (χ3n) is 4.05. The van der Waals surface area contributed by atoms with Gasteiger partial charge in [0, 0.05) is 18.0 Å². The van der Waals surface area contributed by atoms with E-state index in [2.05, 4.69) is 4.98 Å². The number of fused-ring (bicyclic) bond motifs is 1. The zero-order valence-corrected chi connectivity index (χ0v) is 16.5. The number of hydrogen-bond acceptors (Lipinski definition) is 3. The summed E-state index contributed by atoms with van der Waals surface area (Å²) in [7, 11) is 4.00. The predicted octanol–water partition coefficient (Wildman–Crippen LogP) is 3.41. The van der Waals surface area contributed by atoms with Crippen LogP contribution in [-0.2, 0) is 0 Å². The Balaban J connectivity index is 2.00. The molecule has 4 nitrogen and oxygen atoms in total. The molecule has 0 aliphatic rings. The lowest BCUT2D eigenvalue weighted by Crippen LogP contribution is -3.05. The van der Waals surface area contributed by atoms with Crippen molar-refractivity contribution in [1.29, 1.82) is 0 Å². The SMILES string of the molecule is C[NH+](C)CCCN(C(=O)c1c(F)cccc1F)c1nc2ccc(Cl)cc2s1. The van der Waals surface area contributed by atoms with Crippen LogP contribution < -0.4 is 9.80 Å². The molecule has 0 fully saturated rings. The minimum atomic E-state index is -0.882. The van der Waals surface area contributed by atoms with Gasteiger partial charge >= 0.3 is 0 Å². The van der Waals surface area contributed by atoms with Gasteiger partial charge in [-0.15, -0.1) is 0 Å². The molecule has 0 spiro atoms. The highest BCUT2D eigenvalue weighted by molar-refractivity contribution is 7.22. The molecule has 0 aliphatic carbocycles. The summed E-state index contributed by atoms with van der Waals surface area (Å²) >= 11 is 7.29. The summed E-state index contributed by atoms with van der Waals surface area (Å²) in [5.74, 6) is -2.50. The fourth-order valence-corrected chi connectivity index (χ4v) is 3.98. The lowest BCUT2D eigenvalue weighted by atomic mass is 10.1. The maximum absolute atomic E-state index is 14.2. The Bertz CT molecular complexity index is 956. The van der Waals surface area contributed by atoms with Crippen molar-refractivity contribution in [2.75, 3.05) is 32.1 Å². The monoisotopic (exact) mass is 410 g/mol. The van der Waals surface area contributed by atoms with Crippen LogP contribution in [0.2, 0.25) is 5.02 Å². The number of aromatic nitrogens is 1. The van der Waals surface area contributed by atoms with Crippen LogP contribution in [0, 0.1) is 11.6 Å². The maximum Gasteiger partial charge on any atom is 0.266 e. The molecule has 142 valence electrons. The molecular weight excluding hydrogens is 392 g/mol. The van der Waals surface area contributed by atoms with E-state index in [0.29, 0.717) is 28.6 Å². The number of rotatable bonds is 6. The van der Waals surface area contributed by atoms with Gasteiger partial charge in [0.15, 0.2) is 5.13 Å². The van der Waals surface area contributed by atoms with E-state index in [1.54, 1.807) is 18.2 Å². The number of quaternary nitrogens is 1. The molecule has 0 saturated heterocycles. The molecule has 3 rings (SSSR count). The molecule has 0 atom stereocenters. The quantitative estimate of drug-likeness (QED) is 0.676. The Morgan fingerprint density at radius 2 is 1.93 bits per heavy atom. The second kappa shape index (κ2) is 8.29. The van der Waals surface area contributed by atoms with Crippen molar-refractivity contribution >= 4 is 44.2 Å². The molecule has 0 saturated carbocycles. The zero-order chi connectivity index (χ0) is 19.6. The zero-order valence-electron chi connectivity index (χ0n) is 14.9. The smallest absolute Gasteiger partial charge is 0.266 e. The number of nitrogens with zero attached hydrogens (tertiary/aromatic N) is 2. The first-order valence-electron chi connectivity index (χ1n) is 8.48. The highest BCUT2D eigenvalue weighted by Crippen LogP contribution is 2.32. The number of benzene rings is 2. The molecule has 0 bridgehead atoms. The van der Waals surface area contributed by atoms with Crippen molar-refractivity contribution < 1.29 is 18.5 Å². The minimum Gasteiger partial charge on any atom is -0.340 e. The minimum absolute atomic E-state index is 0.311. The second-order valence-corrected chi connectivity index (χ2v) is 7.92. The number of carbonyl (C=O) groups is 1. The van der Waals surface area contributed by atoms with Crippen molar-refractivity contribution in [1.82, 2.24) is 4.98 Å². The van der Waals surface area contributed by atoms with E-state index in [9.17, 15) is 13.6 Å². The van der Waals surface area contributed by atoms with E-state index in [4.69, 9.17) is 11.6 Å². The van der Waals surface area contributed by atoms with E-state index in [1.165, 1.54) is 27.2 Å². The van der Waals surface area contributed by atoms with Gasteiger partial charge < -0.3 is 4.90 Å². The first-order valence-corrected chi connectivity index (χ1v) is 9.67. The first kappa shape index (κ1) is 19.7. The largest absolute Gasteiger partial charge is 0.340 e. The van der Waals surface area contributed by atoms with Gasteiger partial charge in [0.1, 0.15) is 17.2 Å². The molecule has 0 aliphatic heterocycles. The van der Waals surface area contributed by atoms with E-state index in [0.717, 1.165) is 23.4 Å². The molecule has 1 heterocycles. The van der Waals surface area contributed by atoms with Crippen LogP contribution >= 0.6 is 22.9 Å². The van der Waals surface area contributed by atoms with Crippen LogP contribution in [-0.4, -0.2) is 38.1 Å². The van der Waals surface area contributed by atoms with Crippen molar-refractivity contribution in [3.8, 4) is 0 Å². The second-order valence-electron chi connectivity index (χ2n) is 6.47. The highest BCUT2D eigenvalue weighted by atomic mass is 35.5. The van der Waals surface area contributed by atoms with Gasteiger partial charge in [0.05, 0.1) is 30.9 Å². The van der Waals surface area contributed by atoms with Gasteiger partial charge in [-0.25, -0.2) is 13.8 Å². The topological polar surface area (TPSA) is 37.6 Å². The van der Waals surface area contributed by atoms with Crippen molar-refractivity contribution in [2.24, 2.45) is 0 Å². The van der Waals surface area contributed by atoms with E-state index in [-0.39, 0.29) is 0 Å². The molecule has 0 radical (unpaired) electrons. The third-order valence-corrected chi connectivity index (χ3v) is 5.33. The molecule has 27 heavy (non-hydrogen) atoms. The molecule has 1 aromatic heterocycles. The van der Waals surface area contributed by atoms with Gasteiger partial charge in [0.2, 0.25) is 0 Å². The van der Waals surface area contributed by atoms with Crippen LogP contribution in [0.1, 0.15) is 16.8 Å². The van der Waals surface area contributed by atoms with Crippen LogP contribution in [0.3, 0.4) is 0 Å². The number of nitrogens with one attached hydrogen (secondary N) is 1. The van der Waals surface area contributed by atoms with Gasteiger partial charge in [0.25, 0.3) is 5.91 Å². The summed E-state index contributed by atoms with van der Waals surface area (Å²) in [6.07, 6.45) is 0.667. The van der Waals surface area contributed by atoms with Crippen LogP contribution in [0.4, 0.5) is 13.9 Å². The molecule has 8 heteroatoms. The fourth-order valence-electron chi connectivity index (χ4n) is 2.71. The highest BCUT2D eigenvalue weighted by Gasteiger charge is 2.26. The number of hydrogen-bond donors (Lipinski definition) is 1. The molecular formula is C19H19ClF2N3OS+. The average Bonchev–Trinajstić information content (AvgIpc) is 3.00. The lowest BCUT2D eigenvalue weighted by molar-refractivity contribution is -0.858. The summed E-state index contributed by atoms with van der Waals surface area (Å²) in [5, 5.41) is 0.959.